The Bertz CT molecular complexity index is 1730. The fourth-order valence-corrected chi connectivity index (χ4v) is 6.86. The summed E-state index contributed by atoms with van der Waals surface area (Å²) in [5, 5.41) is 0. The average molecular weight is 478 g/mol. The largest absolute Gasteiger partial charge is 0.398 e. The van der Waals surface area contributed by atoms with E-state index in [1.165, 1.54) is 61.2 Å². The van der Waals surface area contributed by atoms with Gasteiger partial charge in [0.1, 0.15) is 0 Å². The Morgan fingerprint density at radius 2 is 0.892 bits per heavy atom. The molecule has 7 rings (SSSR count). The molecule has 0 spiro atoms. The van der Waals surface area contributed by atoms with Gasteiger partial charge in [-0.3, -0.25) is 0 Å². The van der Waals surface area contributed by atoms with Crippen LogP contribution >= 0.6 is 0 Å². The number of anilines is 1. The van der Waals surface area contributed by atoms with Crippen LogP contribution in [0.4, 0.5) is 5.69 Å². The van der Waals surface area contributed by atoms with Gasteiger partial charge in [-0.15, -0.1) is 0 Å². The first-order valence-corrected chi connectivity index (χ1v) is 13.2. The van der Waals surface area contributed by atoms with Crippen molar-refractivity contribution in [2.75, 3.05) is 5.73 Å². The fourth-order valence-electron chi connectivity index (χ4n) is 6.86. The molecule has 0 bridgehead atoms. The smallest absolute Gasteiger partial charge is 0.0400 e. The highest BCUT2D eigenvalue weighted by molar-refractivity contribution is 5.94. The highest BCUT2D eigenvalue weighted by atomic mass is 14.6. The molecule has 0 saturated heterocycles. The maximum absolute atomic E-state index is 6.72. The van der Waals surface area contributed by atoms with Crippen molar-refractivity contribution in [1.29, 1.82) is 0 Å². The third-order valence-electron chi connectivity index (χ3n) is 8.86. The molecule has 180 valence electrons. The molecule has 5 aromatic carbocycles. The Balaban J connectivity index is 1.40. The second-order valence-corrected chi connectivity index (χ2v) is 11.6. The summed E-state index contributed by atoms with van der Waals surface area (Å²) in [6, 6.07) is 37.8. The van der Waals surface area contributed by atoms with Crippen LogP contribution < -0.4 is 5.73 Å². The van der Waals surface area contributed by atoms with Crippen molar-refractivity contribution in [2.45, 2.75) is 38.5 Å². The Morgan fingerprint density at radius 3 is 1.49 bits per heavy atom. The minimum Gasteiger partial charge on any atom is -0.398 e. The molecule has 0 radical (unpaired) electrons. The normalized spacial score (nSPS) is 15.6. The zero-order chi connectivity index (χ0) is 25.5. The first kappa shape index (κ1) is 22.1. The Morgan fingerprint density at radius 1 is 0.432 bits per heavy atom. The van der Waals surface area contributed by atoms with Crippen molar-refractivity contribution in [2.24, 2.45) is 0 Å². The van der Waals surface area contributed by atoms with Crippen molar-refractivity contribution in [1.82, 2.24) is 0 Å². The van der Waals surface area contributed by atoms with Gasteiger partial charge in [-0.1, -0.05) is 113 Å². The average Bonchev–Trinajstić information content (AvgIpc) is 3.28. The number of fused-ring (bicyclic) bond motifs is 6. The maximum Gasteiger partial charge on any atom is 0.0400 e. The number of benzene rings is 5. The Kier molecular flexibility index (Phi) is 4.46. The summed E-state index contributed by atoms with van der Waals surface area (Å²) >= 11 is 0. The topological polar surface area (TPSA) is 26.0 Å². The van der Waals surface area contributed by atoms with Crippen LogP contribution in [0.2, 0.25) is 0 Å². The molecule has 0 aliphatic heterocycles. The zero-order valence-electron chi connectivity index (χ0n) is 21.9. The van der Waals surface area contributed by atoms with Gasteiger partial charge in [0.25, 0.3) is 0 Å². The summed E-state index contributed by atoms with van der Waals surface area (Å²) in [4.78, 5) is 0. The van der Waals surface area contributed by atoms with Gasteiger partial charge in [-0.05, 0) is 79.4 Å². The lowest BCUT2D eigenvalue weighted by molar-refractivity contribution is 0.660. The summed E-state index contributed by atoms with van der Waals surface area (Å²) in [5.41, 5.74) is 23.0. The van der Waals surface area contributed by atoms with Gasteiger partial charge < -0.3 is 5.73 Å². The van der Waals surface area contributed by atoms with Crippen LogP contribution in [0.5, 0.6) is 0 Å². The van der Waals surface area contributed by atoms with E-state index in [-0.39, 0.29) is 10.8 Å². The summed E-state index contributed by atoms with van der Waals surface area (Å²) in [6.07, 6.45) is 0. The van der Waals surface area contributed by atoms with Crippen LogP contribution in [0.15, 0.2) is 103 Å². The number of nitrogens with two attached hydrogens (primary N) is 1. The molecule has 0 fully saturated rings. The van der Waals surface area contributed by atoms with Crippen LogP contribution in [0.3, 0.4) is 0 Å². The van der Waals surface area contributed by atoms with E-state index in [1.54, 1.807) is 0 Å². The molecule has 2 aliphatic carbocycles. The van der Waals surface area contributed by atoms with Crippen molar-refractivity contribution >= 4 is 5.69 Å². The minimum atomic E-state index is -0.0466. The predicted octanol–water partition coefficient (Wildman–Crippen LogP) is 9.22. The van der Waals surface area contributed by atoms with Crippen molar-refractivity contribution in [3.05, 3.63) is 125 Å². The maximum atomic E-state index is 6.72. The van der Waals surface area contributed by atoms with Crippen molar-refractivity contribution in [3.8, 4) is 44.5 Å². The lowest BCUT2D eigenvalue weighted by Crippen LogP contribution is -2.15. The molecule has 2 N–H and O–H groups in total. The van der Waals surface area contributed by atoms with Gasteiger partial charge in [0.2, 0.25) is 0 Å². The molecule has 0 heterocycles. The lowest BCUT2D eigenvalue weighted by Gasteiger charge is -2.23. The second-order valence-electron chi connectivity index (χ2n) is 11.6. The molecular weight excluding hydrogens is 446 g/mol. The van der Waals surface area contributed by atoms with Gasteiger partial charge >= 0.3 is 0 Å². The molecule has 0 amide bonds. The quantitative estimate of drug-likeness (QED) is 0.252. The zero-order valence-corrected chi connectivity index (χ0v) is 21.9. The summed E-state index contributed by atoms with van der Waals surface area (Å²) in [5.74, 6) is 0. The van der Waals surface area contributed by atoms with E-state index in [4.69, 9.17) is 5.73 Å². The minimum absolute atomic E-state index is 0.0359. The fraction of sp³-hybridized carbons (Fsp3) is 0.167. The number of nitrogen functional groups attached to an aromatic ring is 1. The number of hydrogen-bond donors (Lipinski definition) is 1. The first-order valence-electron chi connectivity index (χ1n) is 13.2. The highest BCUT2D eigenvalue weighted by Gasteiger charge is 2.36. The Labute approximate surface area is 219 Å². The van der Waals surface area contributed by atoms with Gasteiger partial charge in [0, 0.05) is 22.1 Å². The summed E-state index contributed by atoms with van der Waals surface area (Å²) in [6.45, 7) is 9.33. The van der Waals surface area contributed by atoms with Gasteiger partial charge in [-0.25, -0.2) is 0 Å². The van der Waals surface area contributed by atoms with Crippen LogP contribution in [-0.2, 0) is 10.8 Å². The van der Waals surface area contributed by atoms with E-state index in [9.17, 15) is 0 Å². The molecular formula is C36H31N. The molecule has 1 nitrogen and oxygen atoms in total. The molecule has 0 saturated carbocycles. The molecule has 2 aliphatic rings. The molecule has 0 aromatic heterocycles. The third-order valence-corrected chi connectivity index (χ3v) is 8.86. The van der Waals surface area contributed by atoms with Crippen molar-refractivity contribution < 1.29 is 0 Å². The van der Waals surface area contributed by atoms with E-state index in [0.29, 0.717) is 0 Å². The monoisotopic (exact) mass is 477 g/mol. The number of rotatable bonds is 2. The molecule has 5 aromatic rings. The van der Waals surface area contributed by atoms with Crippen LogP contribution in [0.1, 0.15) is 49.9 Å². The number of hydrogen-bond acceptors (Lipinski definition) is 1. The van der Waals surface area contributed by atoms with E-state index in [2.05, 4.69) is 125 Å². The van der Waals surface area contributed by atoms with E-state index < -0.39 is 0 Å². The van der Waals surface area contributed by atoms with Gasteiger partial charge in [-0.2, -0.15) is 0 Å². The van der Waals surface area contributed by atoms with Crippen LogP contribution in [0, 0.1) is 0 Å². The van der Waals surface area contributed by atoms with Gasteiger partial charge in [0.05, 0.1) is 0 Å². The standard InChI is InChI=1S/C36H31N/c1-35(2)29-13-7-5-10-25(29)27-18-16-22(20-31(27)35)24-12-9-15-33(37)34(24)23-17-19-28-26-11-6-8-14-30(26)36(3,4)32(28)21-23/h5-21H,37H2,1-4H3. The van der Waals surface area contributed by atoms with E-state index in [0.717, 1.165) is 11.3 Å². The Hall–Kier alpha value is -4.10. The van der Waals surface area contributed by atoms with Crippen LogP contribution in [-0.4, -0.2) is 0 Å². The lowest BCUT2D eigenvalue weighted by atomic mass is 9.80. The highest BCUT2D eigenvalue weighted by Crippen LogP contribution is 2.52. The predicted molar refractivity (Wildman–Crippen MR) is 157 cm³/mol. The summed E-state index contributed by atoms with van der Waals surface area (Å²) in [7, 11) is 0. The van der Waals surface area contributed by atoms with Crippen LogP contribution in [0.25, 0.3) is 44.5 Å². The third kappa shape index (κ3) is 2.98. The van der Waals surface area contributed by atoms with E-state index >= 15 is 0 Å². The SMILES string of the molecule is CC1(C)c2ccccc2-c2ccc(-c3cccc(N)c3-c3ccc4c(c3)C(C)(C)c3ccccc3-4)cc21. The van der Waals surface area contributed by atoms with Gasteiger partial charge in [0.15, 0.2) is 0 Å². The second kappa shape index (κ2) is 7.46. The van der Waals surface area contributed by atoms with E-state index in [1.807, 2.05) is 6.07 Å². The summed E-state index contributed by atoms with van der Waals surface area (Å²) < 4.78 is 0. The molecule has 0 unspecified atom stereocenters. The molecule has 1 heteroatoms. The van der Waals surface area contributed by atoms with Crippen molar-refractivity contribution in [3.63, 3.8) is 0 Å². The molecule has 37 heavy (non-hydrogen) atoms. The molecule has 0 atom stereocenters. The first-order chi connectivity index (χ1) is 17.8.